The summed E-state index contributed by atoms with van der Waals surface area (Å²) in [4.78, 5) is 11.6. The summed E-state index contributed by atoms with van der Waals surface area (Å²) in [5, 5.41) is 17.8. The summed E-state index contributed by atoms with van der Waals surface area (Å²) < 4.78 is 50.2. The fourth-order valence-corrected chi connectivity index (χ4v) is 1.48. The van der Waals surface area contributed by atoms with E-state index in [0.717, 1.165) is 4.68 Å². The molecule has 0 radical (unpaired) electrons. The van der Waals surface area contributed by atoms with Gasteiger partial charge in [-0.3, -0.25) is 4.79 Å². The molecule has 0 aliphatic carbocycles. The van der Waals surface area contributed by atoms with Gasteiger partial charge in [0.1, 0.15) is 5.82 Å². The van der Waals surface area contributed by atoms with Crippen LogP contribution in [0, 0.1) is 5.82 Å². The van der Waals surface area contributed by atoms with Crippen LogP contribution in [0.5, 0.6) is 0 Å². The van der Waals surface area contributed by atoms with Crippen LogP contribution in [0.1, 0.15) is 10.5 Å². The molecule has 1 heterocycles. The van der Waals surface area contributed by atoms with Gasteiger partial charge < -0.3 is 10.4 Å². The molecule has 118 valence electrons. The lowest BCUT2D eigenvalue weighted by molar-refractivity contribution is -0.201. The van der Waals surface area contributed by atoms with Crippen LogP contribution < -0.4 is 5.32 Å². The van der Waals surface area contributed by atoms with Crippen LogP contribution in [0.15, 0.2) is 30.5 Å². The monoisotopic (exact) mass is 318 g/mol. The van der Waals surface area contributed by atoms with Crippen LogP contribution in [-0.2, 0) is 0 Å². The number of carbonyl (C=O) groups excluding carboxylic acids is 1. The van der Waals surface area contributed by atoms with E-state index in [-0.39, 0.29) is 5.69 Å². The lowest BCUT2D eigenvalue weighted by Crippen LogP contribution is -2.40. The van der Waals surface area contributed by atoms with Crippen molar-refractivity contribution < 1.29 is 27.5 Å². The molecular weight excluding hydrogens is 308 g/mol. The average Bonchev–Trinajstić information content (AvgIpc) is 2.94. The number of aliphatic hydroxyl groups excluding tert-OH is 1. The quantitative estimate of drug-likeness (QED) is 0.826. The number of hydrogen-bond acceptors (Lipinski definition) is 4. The molecule has 2 rings (SSSR count). The van der Waals surface area contributed by atoms with Crippen LogP contribution in [-0.4, -0.2) is 44.8 Å². The number of amides is 1. The lowest BCUT2D eigenvalue weighted by atomic mass is 10.3. The average molecular weight is 318 g/mol. The minimum Gasteiger partial charge on any atom is -0.382 e. The van der Waals surface area contributed by atoms with Crippen LogP contribution in [0.4, 0.5) is 17.6 Å². The highest BCUT2D eigenvalue weighted by atomic mass is 19.4. The maximum atomic E-state index is 12.8. The molecule has 22 heavy (non-hydrogen) atoms. The van der Waals surface area contributed by atoms with Gasteiger partial charge in [0.05, 0.1) is 18.4 Å². The van der Waals surface area contributed by atoms with E-state index in [2.05, 4.69) is 10.3 Å². The molecular formula is C12H10F4N4O2. The Bertz CT molecular complexity index is 654. The van der Waals surface area contributed by atoms with E-state index in [9.17, 15) is 22.4 Å². The second-order valence-electron chi connectivity index (χ2n) is 4.29. The Labute approximate surface area is 121 Å². The first-order valence-corrected chi connectivity index (χ1v) is 5.98. The molecule has 0 unspecified atom stereocenters. The van der Waals surface area contributed by atoms with Crippen LogP contribution in [0.2, 0.25) is 0 Å². The number of benzene rings is 1. The number of halogens is 4. The van der Waals surface area contributed by atoms with E-state index in [1.54, 1.807) is 0 Å². The maximum absolute atomic E-state index is 12.8. The number of aliphatic hydroxyl groups is 1. The van der Waals surface area contributed by atoms with Gasteiger partial charge >= 0.3 is 6.18 Å². The van der Waals surface area contributed by atoms with Crippen molar-refractivity contribution in [2.45, 2.75) is 12.3 Å². The van der Waals surface area contributed by atoms with Crippen molar-refractivity contribution >= 4 is 5.91 Å². The highest BCUT2D eigenvalue weighted by Gasteiger charge is 2.38. The molecule has 0 saturated carbocycles. The summed E-state index contributed by atoms with van der Waals surface area (Å²) in [5.41, 5.74) is 0.182. The van der Waals surface area contributed by atoms with Gasteiger partial charge in [-0.2, -0.15) is 13.2 Å². The molecule has 0 fully saturated rings. The van der Waals surface area contributed by atoms with E-state index < -0.39 is 30.5 Å². The fraction of sp³-hybridized carbons (Fsp3) is 0.250. The van der Waals surface area contributed by atoms with Crippen molar-refractivity contribution in [3.05, 3.63) is 42.0 Å². The number of rotatable bonds is 4. The van der Waals surface area contributed by atoms with Crippen LogP contribution in [0.25, 0.3) is 5.69 Å². The van der Waals surface area contributed by atoms with Crippen molar-refractivity contribution in [1.82, 2.24) is 20.3 Å². The first-order chi connectivity index (χ1) is 10.3. The number of hydrogen-bond donors (Lipinski definition) is 2. The Hall–Kier alpha value is -2.49. The molecule has 1 aromatic carbocycles. The van der Waals surface area contributed by atoms with Gasteiger partial charge in [-0.15, -0.1) is 5.10 Å². The molecule has 0 aliphatic rings. The van der Waals surface area contributed by atoms with Crippen molar-refractivity contribution in [1.29, 1.82) is 0 Å². The molecule has 2 aromatic rings. The minimum absolute atomic E-state index is 0.237. The van der Waals surface area contributed by atoms with Crippen molar-refractivity contribution in [2.75, 3.05) is 6.54 Å². The molecule has 1 atom stereocenters. The van der Waals surface area contributed by atoms with Crippen molar-refractivity contribution in [3.8, 4) is 5.69 Å². The molecule has 1 amide bonds. The van der Waals surface area contributed by atoms with Gasteiger partial charge in [0, 0.05) is 0 Å². The summed E-state index contributed by atoms with van der Waals surface area (Å²) >= 11 is 0. The molecule has 2 N–H and O–H groups in total. The number of nitrogens with one attached hydrogen (secondary N) is 1. The first-order valence-electron chi connectivity index (χ1n) is 5.98. The van der Waals surface area contributed by atoms with Gasteiger partial charge in [0.2, 0.25) is 0 Å². The molecule has 0 saturated heterocycles. The molecule has 0 bridgehead atoms. The molecule has 0 aliphatic heterocycles. The van der Waals surface area contributed by atoms with Gasteiger partial charge in [-0.05, 0) is 24.3 Å². The van der Waals surface area contributed by atoms with E-state index in [1.165, 1.54) is 30.5 Å². The van der Waals surface area contributed by atoms with Crippen LogP contribution in [0.3, 0.4) is 0 Å². The lowest BCUT2D eigenvalue weighted by Gasteiger charge is -2.14. The van der Waals surface area contributed by atoms with Gasteiger partial charge in [0.25, 0.3) is 5.91 Å². The number of nitrogens with zero attached hydrogens (tertiary/aromatic N) is 3. The van der Waals surface area contributed by atoms with E-state index >= 15 is 0 Å². The highest BCUT2D eigenvalue weighted by Crippen LogP contribution is 2.19. The Balaban J connectivity index is 2.02. The summed E-state index contributed by atoms with van der Waals surface area (Å²) in [6, 6.07) is 5.13. The topological polar surface area (TPSA) is 80.0 Å². The normalized spacial score (nSPS) is 13.0. The third kappa shape index (κ3) is 3.79. The predicted molar refractivity (Wildman–Crippen MR) is 65.7 cm³/mol. The number of aromatic nitrogens is 3. The zero-order valence-corrected chi connectivity index (χ0v) is 10.9. The number of carbonyl (C=O) groups is 1. The third-order valence-electron chi connectivity index (χ3n) is 2.65. The fourth-order valence-electron chi connectivity index (χ4n) is 1.48. The van der Waals surface area contributed by atoms with Gasteiger partial charge in [-0.1, -0.05) is 5.21 Å². The standard InChI is InChI=1S/C12H10F4N4O2/c13-7-1-3-8(4-2-7)20-6-9(18-19-20)11(22)17-5-10(21)12(14,15)16/h1-4,6,10,21H,5H2,(H,17,22)/t10-/m0/s1. The first kappa shape index (κ1) is 15.9. The van der Waals surface area contributed by atoms with Gasteiger partial charge in [-0.25, -0.2) is 9.07 Å². The predicted octanol–water partition coefficient (Wildman–Crippen LogP) is 1.06. The molecule has 10 heteroatoms. The zero-order chi connectivity index (χ0) is 16.3. The Morgan fingerprint density at radius 3 is 2.55 bits per heavy atom. The summed E-state index contributed by atoms with van der Waals surface area (Å²) in [5.74, 6) is -1.38. The summed E-state index contributed by atoms with van der Waals surface area (Å²) in [6.45, 7) is -0.994. The number of alkyl halides is 3. The summed E-state index contributed by atoms with van der Waals surface area (Å²) in [7, 11) is 0. The van der Waals surface area contributed by atoms with Crippen molar-refractivity contribution in [2.24, 2.45) is 0 Å². The van der Waals surface area contributed by atoms with E-state index in [4.69, 9.17) is 5.11 Å². The van der Waals surface area contributed by atoms with Gasteiger partial charge in [0.15, 0.2) is 11.8 Å². The van der Waals surface area contributed by atoms with E-state index in [0.29, 0.717) is 5.69 Å². The second-order valence-corrected chi connectivity index (χ2v) is 4.29. The Kier molecular flexibility index (Phi) is 4.40. The maximum Gasteiger partial charge on any atom is 0.416 e. The van der Waals surface area contributed by atoms with E-state index in [1.807, 2.05) is 5.32 Å². The second kappa shape index (κ2) is 6.10. The SMILES string of the molecule is O=C(NC[C@H](O)C(F)(F)F)c1cn(-c2ccc(F)cc2)nn1. The third-order valence-corrected chi connectivity index (χ3v) is 2.65. The molecule has 1 aromatic heterocycles. The van der Waals surface area contributed by atoms with Crippen LogP contribution >= 0.6 is 0 Å². The smallest absolute Gasteiger partial charge is 0.382 e. The van der Waals surface area contributed by atoms with Crippen molar-refractivity contribution in [3.63, 3.8) is 0 Å². The highest BCUT2D eigenvalue weighted by molar-refractivity contribution is 5.91. The largest absolute Gasteiger partial charge is 0.416 e. The molecule has 6 nitrogen and oxygen atoms in total. The minimum atomic E-state index is -4.82. The zero-order valence-electron chi connectivity index (χ0n) is 10.9. The molecule has 0 spiro atoms. The Morgan fingerprint density at radius 2 is 1.95 bits per heavy atom. The summed E-state index contributed by atoms with van der Waals surface area (Å²) in [6.07, 6.45) is -6.31. The Morgan fingerprint density at radius 1 is 1.32 bits per heavy atom.